The van der Waals surface area contributed by atoms with E-state index in [0.29, 0.717) is 24.4 Å². The second-order valence-corrected chi connectivity index (χ2v) is 9.07. The summed E-state index contributed by atoms with van der Waals surface area (Å²) in [5, 5.41) is 0.313. The Balaban J connectivity index is 1.83. The van der Waals surface area contributed by atoms with Gasteiger partial charge in [0.1, 0.15) is 10.6 Å². The van der Waals surface area contributed by atoms with Crippen LogP contribution < -0.4 is 9.64 Å². The van der Waals surface area contributed by atoms with E-state index < -0.39 is 15.9 Å². The maximum Gasteiger partial charge on any atom is 0.246 e. The number of methoxy groups -OCH3 is 1. The largest absolute Gasteiger partial charge is 0.495 e. The first-order valence-electron chi connectivity index (χ1n) is 9.01. The van der Waals surface area contributed by atoms with Gasteiger partial charge in [0, 0.05) is 30.8 Å². The van der Waals surface area contributed by atoms with E-state index in [2.05, 4.69) is 0 Å². The van der Waals surface area contributed by atoms with Crippen LogP contribution in [0.3, 0.4) is 0 Å². The highest BCUT2D eigenvalue weighted by atomic mass is 35.5. The summed E-state index contributed by atoms with van der Waals surface area (Å²) in [5.74, 6) is -0.262. The molecule has 1 aliphatic heterocycles. The molecule has 6 nitrogen and oxygen atoms in total. The molecular formula is C20H23ClN2O4S. The minimum Gasteiger partial charge on any atom is -0.495 e. The van der Waals surface area contributed by atoms with Crippen LogP contribution in [0.5, 0.6) is 5.75 Å². The zero-order valence-corrected chi connectivity index (χ0v) is 17.4. The van der Waals surface area contributed by atoms with Crippen LogP contribution in [0.15, 0.2) is 53.4 Å². The minimum absolute atomic E-state index is 0.0204. The number of hydrogen-bond acceptors (Lipinski definition) is 4. The average molecular weight is 423 g/mol. The molecule has 2 aromatic rings. The Labute approximate surface area is 170 Å². The molecular weight excluding hydrogens is 400 g/mol. The quantitative estimate of drug-likeness (QED) is 0.740. The number of carbonyl (C=O) groups is 1. The van der Waals surface area contributed by atoms with Crippen LogP contribution in [-0.2, 0) is 14.8 Å². The number of hydrogen-bond donors (Lipinski definition) is 0. The molecule has 1 saturated heterocycles. The predicted molar refractivity (Wildman–Crippen MR) is 109 cm³/mol. The topological polar surface area (TPSA) is 66.9 Å². The number of anilines is 1. The normalized spacial score (nSPS) is 17.9. The van der Waals surface area contributed by atoms with E-state index in [-0.39, 0.29) is 23.1 Å². The molecule has 1 fully saturated rings. The second-order valence-electron chi connectivity index (χ2n) is 6.73. The van der Waals surface area contributed by atoms with Crippen LogP contribution in [0.4, 0.5) is 5.69 Å². The number of ether oxygens (including phenoxy) is 1. The zero-order valence-electron chi connectivity index (χ0n) is 15.8. The number of halogens is 1. The molecule has 1 heterocycles. The van der Waals surface area contributed by atoms with Gasteiger partial charge in [-0.1, -0.05) is 29.8 Å². The van der Waals surface area contributed by atoms with Gasteiger partial charge in [-0.05, 0) is 43.2 Å². The Bertz CT molecular complexity index is 950. The van der Waals surface area contributed by atoms with E-state index in [1.165, 1.54) is 23.5 Å². The summed E-state index contributed by atoms with van der Waals surface area (Å²) >= 11 is 6.01. The molecule has 0 bridgehead atoms. The second kappa shape index (κ2) is 8.51. The van der Waals surface area contributed by atoms with Gasteiger partial charge in [-0.15, -0.1) is 0 Å². The average Bonchev–Trinajstić information content (AvgIpc) is 2.73. The number of para-hydroxylation sites is 1. The van der Waals surface area contributed by atoms with Gasteiger partial charge in [0.15, 0.2) is 0 Å². The number of carbonyl (C=O) groups excluding carboxylic acids is 1. The molecule has 1 amide bonds. The lowest BCUT2D eigenvalue weighted by Crippen LogP contribution is -2.46. The summed E-state index contributed by atoms with van der Waals surface area (Å²) in [6, 6.07) is 13.8. The highest BCUT2D eigenvalue weighted by molar-refractivity contribution is 7.89. The lowest BCUT2D eigenvalue weighted by Gasteiger charge is -2.33. The Kier molecular flexibility index (Phi) is 6.27. The van der Waals surface area contributed by atoms with Gasteiger partial charge in [0.05, 0.1) is 13.0 Å². The van der Waals surface area contributed by atoms with Crippen molar-refractivity contribution >= 4 is 33.2 Å². The number of rotatable bonds is 5. The fraction of sp³-hybridized carbons (Fsp3) is 0.350. The summed E-state index contributed by atoms with van der Waals surface area (Å²) in [4.78, 5) is 14.5. The molecule has 0 N–H and O–H groups in total. The van der Waals surface area contributed by atoms with E-state index in [1.54, 1.807) is 18.0 Å². The molecule has 150 valence electrons. The molecule has 8 heteroatoms. The molecule has 0 spiro atoms. The summed E-state index contributed by atoms with van der Waals surface area (Å²) in [6.45, 7) is 0.491. The van der Waals surface area contributed by atoms with E-state index in [9.17, 15) is 13.2 Å². The Morgan fingerprint density at radius 1 is 1.21 bits per heavy atom. The predicted octanol–water partition coefficient (Wildman–Crippen LogP) is 3.41. The fourth-order valence-electron chi connectivity index (χ4n) is 3.41. The Morgan fingerprint density at radius 3 is 2.61 bits per heavy atom. The fourth-order valence-corrected chi connectivity index (χ4v) is 5.35. The van der Waals surface area contributed by atoms with E-state index in [4.69, 9.17) is 16.3 Å². The van der Waals surface area contributed by atoms with Crippen LogP contribution in [0, 0.1) is 5.92 Å². The summed E-state index contributed by atoms with van der Waals surface area (Å²) in [6.07, 6.45) is 1.26. The SMILES string of the molecule is COc1ccc(Cl)cc1S(=O)(=O)N1CCCC(C(=O)N(C)c2ccccc2)C1. The third-order valence-corrected chi connectivity index (χ3v) is 7.07. The van der Waals surface area contributed by atoms with Gasteiger partial charge in [0.2, 0.25) is 15.9 Å². The van der Waals surface area contributed by atoms with Crippen molar-refractivity contribution in [2.45, 2.75) is 17.7 Å². The first-order chi connectivity index (χ1) is 13.3. The van der Waals surface area contributed by atoms with Crippen LogP contribution >= 0.6 is 11.6 Å². The van der Waals surface area contributed by atoms with Crippen molar-refractivity contribution in [3.8, 4) is 5.75 Å². The lowest BCUT2D eigenvalue weighted by atomic mass is 9.98. The van der Waals surface area contributed by atoms with Crippen molar-refractivity contribution in [1.29, 1.82) is 0 Å². The summed E-state index contributed by atoms with van der Waals surface area (Å²) < 4.78 is 32.9. The molecule has 1 unspecified atom stereocenters. The van der Waals surface area contributed by atoms with Gasteiger partial charge in [-0.2, -0.15) is 4.31 Å². The van der Waals surface area contributed by atoms with Crippen molar-refractivity contribution in [3.63, 3.8) is 0 Å². The van der Waals surface area contributed by atoms with Crippen molar-refractivity contribution in [3.05, 3.63) is 53.6 Å². The number of benzene rings is 2. The number of piperidine rings is 1. The number of nitrogens with zero attached hydrogens (tertiary/aromatic N) is 2. The summed E-state index contributed by atoms with van der Waals surface area (Å²) in [5.41, 5.74) is 0.781. The minimum atomic E-state index is -3.83. The lowest BCUT2D eigenvalue weighted by molar-refractivity contribution is -0.123. The third-order valence-electron chi connectivity index (χ3n) is 4.95. The van der Waals surface area contributed by atoms with Gasteiger partial charge in [-0.25, -0.2) is 8.42 Å². The molecule has 1 aliphatic rings. The highest BCUT2D eigenvalue weighted by Crippen LogP contribution is 2.32. The van der Waals surface area contributed by atoms with E-state index in [0.717, 1.165) is 5.69 Å². The highest BCUT2D eigenvalue weighted by Gasteiger charge is 2.36. The van der Waals surface area contributed by atoms with Crippen LogP contribution in [-0.4, -0.2) is 45.9 Å². The maximum atomic E-state index is 13.2. The zero-order chi connectivity index (χ0) is 20.3. The first-order valence-corrected chi connectivity index (χ1v) is 10.8. The smallest absolute Gasteiger partial charge is 0.246 e. The molecule has 0 aliphatic carbocycles. The summed E-state index contributed by atoms with van der Waals surface area (Å²) in [7, 11) is -0.701. The van der Waals surface area contributed by atoms with Gasteiger partial charge in [0.25, 0.3) is 0 Å². The molecule has 0 radical (unpaired) electrons. The van der Waals surface area contributed by atoms with Crippen molar-refractivity contribution in [2.24, 2.45) is 5.92 Å². The van der Waals surface area contributed by atoms with E-state index in [1.807, 2.05) is 30.3 Å². The van der Waals surface area contributed by atoms with Crippen LogP contribution in [0.1, 0.15) is 12.8 Å². The molecule has 0 aromatic heterocycles. The molecule has 2 aromatic carbocycles. The van der Waals surface area contributed by atoms with Gasteiger partial charge < -0.3 is 9.64 Å². The van der Waals surface area contributed by atoms with Gasteiger partial charge >= 0.3 is 0 Å². The maximum absolute atomic E-state index is 13.2. The monoisotopic (exact) mass is 422 g/mol. The number of sulfonamides is 1. The van der Waals surface area contributed by atoms with Crippen LogP contribution in [0.2, 0.25) is 5.02 Å². The van der Waals surface area contributed by atoms with E-state index >= 15 is 0 Å². The first kappa shape index (κ1) is 20.6. The van der Waals surface area contributed by atoms with Crippen molar-refractivity contribution in [2.75, 3.05) is 32.1 Å². The molecule has 3 rings (SSSR count). The third kappa shape index (κ3) is 4.16. The number of amides is 1. The molecule has 1 atom stereocenters. The van der Waals surface area contributed by atoms with Crippen molar-refractivity contribution < 1.29 is 17.9 Å². The van der Waals surface area contributed by atoms with Crippen LogP contribution in [0.25, 0.3) is 0 Å². The molecule has 28 heavy (non-hydrogen) atoms. The van der Waals surface area contributed by atoms with Gasteiger partial charge in [-0.3, -0.25) is 4.79 Å². The Morgan fingerprint density at radius 2 is 1.93 bits per heavy atom. The molecule has 0 saturated carbocycles. The van der Waals surface area contributed by atoms with Crippen molar-refractivity contribution in [1.82, 2.24) is 4.31 Å². The Hall–Kier alpha value is -2.09. The standard InChI is InChI=1S/C20H23ClN2O4S/c1-22(17-8-4-3-5-9-17)20(24)15-7-6-12-23(14-15)28(25,26)19-13-16(21)10-11-18(19)27-2/h3-5,8-11,13,15H,6-7,12,14H2,1-2H3.